The van der Waals surface area contributed by atoms with Gasteiger partial charge in [-0.1, -0.05) is 42.5 Å². The molecule has 4 N–H and O–H groups in total. The van der Waals surface area contributed by atoms with Gasteiger partial charge in [-0.05, 0) is 28.8 Å². The van der Waals surface area contributed by atoms with Crippen molar-refractivity contribution in [3.8, 4) is 23.0 Å². The van der Waals surface area contributed by atoms with E-state index in [9.17, 15) is 0 Å². The van der Waals surface area contributed by atoms with Crippen LogP contribution in [0.2, 0.25) is 0 Å². The molecular formula is C21H21N7. The van der Waals surface area contributed by atoms with Crippen LogP contribution in [-0.4, -0.2) is 24.7 Å². The molecule has 1 aromatic carbocycles. The summed E-state index contributed by atoms with van der Waals surface area (Å²) < 4.78 is 1.85. The van der Waals surface area contributed by atoms with E-state index < -0.39 is 0 Å². The third-order valence-electron chi connectivity index (χ3n) is 4.49. The van der Waals surface area contributed by atoms with Gasteiger partial charge in [0.05, 0.1) is 6.54 Å². The fourth-order valence-electron chi connectivity index (χ4n) is 3.09. The Labute approximate surface area is 163 Å². The van der Waals surface area contributed by atoms with Crippen LogP contribution in [0.5, 0.6) is 0 Å². The Balaban J connectivity index is 1.87. The maximum absolute atomic E-state index is 5.93. The highest BCUT2D eigenvalue weighted by Crippen LogP contribution is 2.25. The van der Waals surface area contributed by atoms with Gasteiger partial charge < -0.3 is 11.5 Å². The predicted octanol–water partition coefficient (Wildman–Crippen LogP) is 2.37. The molecular weight excluding hydrogens is 350 g/mol. The summed E-state index contributed by atoms with van der Waals surface area (Å²) in [5, 5.41) is 4.74. The number of nitrogens with two attached hydrogens (primary N) is 2. The Morgan fingerprint density at radius 1 is 0.750 bits per heavy atom. The molecule has 3 heterocycles. The molecule has 4 aromatic rings. The smallest absolute Gasteiger partial charge is 0.200 e. The van der Waals surface area contributed by atoms with E-state index in [-0.39, 0.29) is 0 Å². The summed E-state index contributed by atoms with van der Waals surface area (Å²) in [4.78, 5) is 13.8. The van der Waals surface area contributed by atoms with Gasteiger partial charge in [0.15, 0.2) is 5.82 Å². The molecule has 0 atom stereocenters. The maximum Gasteiger partial charge on any atom is 0.200 e. The van der Waals surface area contributed by atoms with Crippen LogP contribution in [0.25, 0.3) is 23.0 Å². The Kier molecular flexibility index (Phi) is 5.18. The van der Waals surface area contributed by atoms with Gasteiger partial charge in [0.2, 0.25) is 5.82 Å². The van der Waals surface area contributed by atoms with Crippen molar-refractivity contribution in [1.82, 2.24) is 24.7 Å². The van der Waals surface area contributed by atoms with Crippen molar-refractivity contribution in [1.29, 1.82) is 0 Å². The minimum Gasteiger partial charge on any atom is -0.326 e. The van der Waals surface area contributed by atoms with Crippen molar-refractivity contribution >= 4 is 0 Å². The van der Waals surface area contributed by atoms with E-state index in [0.29, 0.717) is 37.0 Å². The summed E-state index contributed by atoms with van der Waals surface area (Å²) in [6.07, 6.45) is 3.46. The van der Waals surface area contributed by atoms with Gasteiger partial charge >= 0.3 is 0 Å². The number of hydrogen-bond donors (Lipinski definition) is 2. The molecule has 0 unspecified atom stereocenters. The van der Waals surface area contributed by atoms with E-state index >= 15 is 0 Å². The number of benzene rings is 1. The van der Waals surface area contributed by atoms with E-state index in [1.807, 2.05) is 47.1 Å². The normalized spacial score (nSPS) is 10.9. The van der Waals surface area contributed by atoms with Gasteiger partial charge in [0, 0.05) is 25.5 Å². The minimum absolute atomic E-state index is 0.364. The lowest BCUT2D eigenvalue weighted by atomic mass is 10.1. The van der Waals surface area contributed by atoms with Crippen LogP contribution >= 0.6 is 0 Å². The molecule has 140 valence electrons. The van der Waals surface area contributed by atoms with Gasteiger partial charge in [-0.15, -0.1) is 5.10 Å². The second-order valence-electron chi connectivity index (χ2n) is 6.33. The van der Waals surface area contributed by atoms with E-state index in [4.69, 9.17) is 21.5 Å². The van der Waals surface area contributed by atoms with Crippen molar-refractivity contribution in [2.75, 3.05) is 0 Å². The SMILES string of the molecule is NCc1cccnc1-c1nc(-c2ncccc2CN)n(Cc2ccccc2)n1. The van der Waals surface area contributed by atoms with E-state index in [1.54, 1.807) is 12.4 Å². The highest BCUT2D eigenvalue weighted by molar-refractivity contribution is 5.61. The second-order valence-corrected chi connectivity index (χ2v) is 6.33. The zero-order chi connectivity index (χ0) is 19.3. The summed E-state index contributed by atoms with van der Waals surface area (Å²) in [6.45, 7) is 1.30. The van der Waals surface area contributed by atoms with Gasteiger partial charge in [0.25, 0.3) is 0 Å². The molecule has 0 aliphatic carbocycles. The fraction of sp³-hybridized carbons (Fsp3) is 0.143. The summed E-state index contributed by atoms with van der Waals surface area (Å²) in [5.74, 6) is 1.19. The molecule has 0 amide bonds. The van der Waals surface area contributed by atoms with Crippen LogP contribution in [0.15, 0.2) is 67.0 Å². The molecule has 0 bridgehead atoms. The predicted molar refractivity (Wildman–Crippen MR) is 108 cm³/mol. The Hall–Kier alpha value is -3.42. The Bertz CT molecular complexity index is 1070. The number of hydrogen-bond acceptors (Lipinski definition) is 6. The second kappa shape index (κ2) is 8.08. The molecule has 28 heavy (non-hydrogen) atoms. The van der Waals surface area contributed by atoms with Crippen LogP contribution in [0.4, 0.5) is 0 Å². The Morgan fingerprint density at radius 2 is 1.39 bits per heavy atom. The highest BCUT2D eigenvalue weighted by Gasteiger charge is 2.19. The Morgan fingerprint density at radius 3 is 2.07 bits per heavy atom. The summed E-state index contributed by atoms with van der Waals surface area (Å²) in [5.41, 5.74) is 16.1. The molecule has 0 spiro atoms. The molecule has 7 nitrogen and oxygen atoms in total. The van der Waals surface area contributed by atoms with Crippen LogP contribution < -0.4 is 11.5 Å². The zero-order valence-corrected chi connectivity index (χ0v) is 15.4. The topological polar surface area (TPSA) is 109 Å². The van der Waals surface area contributed by atoms with Crippen LogP contribution in [0.3, 0.4) is 0 Å². The van der Waals surface area contributed by atoms with Crippen LogP contribution in [0, 0.1) is 0 Å². The molecule has 0 aliphatic heterocycles. The van der Waals surface area contributed by atoms with Crippen molar-refractivity contribution in [3.05, 3.63) is 83.7 Å². The molecule has 7 heteroatoms. The summed E-state index contributed by atoms with van der Waals surface area (Å²) in [7, 11) is 0. The fourth-order valence-corrected chi connectivity index (χ4v) is 3.09. The van der Waals surface area contributed by atoms with Gasteiger partial charge in [-0.2, -0.15) is 0 Å². The standard InChI is InChI=1S/C21H21N7/c22-12-16-8-4-10-24-18(16)20-26-21(19-17(13-23)9-5-11-25-19)28(27-20)14-15-6-2-1-3-7-15/h1-11H,12-14,22-23H2. The molecule has 0 fully saturated rings. The molecule has 0 saturated carbocycles. The number of aromatic nitrogens is 5. The quantitative estimate of drug-likeness (QED) is 0.539. The largest absolute Gasteiger partial charge is 0.326 e. The number of rotatable bonds is 6. The maximum atomic E-state index is 5.93. The van der Waals surface area contributed by atoms with E-state index in [2.05, 4.69) is 22.1 Å². The van der Waals surface area contributed by atoms with Gasteiger partial charge in [0.1, 0.15) is 11.4 Å². The average molecular weight is 371 g/mol. The van der Waals surface area contributed by atoms with Crippen LogP contribution in [0.1, 0.15) is 16.7 Å². The lowest BCUT2D eigenvalue weighted by molar-refractivity contribution is 0.691. The van der Waals surface area contributed by atoms with Crippen molar-refractivity contribution in [2.24, 2.45) is 11.5 Å². The van der Waals surface area contributed by atoms with Crippen LogP contribution in [-0.2, 0) is 19.6 Å². The lowest BCUT2D eigenvalue weighted by Crippen LogP contribution is -2.08. The molecule has 0 aliphatic rings. The zero-order valence-electron chi connectivity index (χ0n) is 15.4. The van der Waals surface area contributed by atoms with E-state index in [0.717, 1.165) is 22.4 Å². The average Bonchev–Trinajstić information content (AvgIpc) is 3.17. The van der Waals surface area contributed by atoms with E-state index in [1.165, 1.54) is 0 Å². The first kappa shape index (κ1) is 18.0. The molecule has 3 aromatic heterocycles. The highest BCUT2D eigenvalue weighted by atomic mass is 15.4. The first-order valence-corrected chi connectivity index (χ1v) is 9.07. The first-order valence-electron chi connectivity index (χ1n) is 9.07. The van der Waals surface area contributed by atoms with Gasteiger partial charge in [-0.3, -0.25) is 9.97 Å². The lowest BCUT2D eigenvalue weighted by Gasteiger charge is -2.08. The number of nitrogens with zero attached hydrogens (tertiary/aromatic N) is 5. The van der Waals surface area contributed by atoms with Crippen molar-refractivity contribution in [2.45, 2.75) is 19.6 Å². The van der Waals surface area contributed by atoms with Crippen molar-refractivity contribution in [3.63, 3.8) is 0 Å². The third kappa shape index (κ3) is 3.53. The molecule has 0 saturated heterocycles. The summed E-state index contributed by atoms with van der Waals surface area (Å²) >= 11 is 0. The summed E-state index contributed by atoms with van der Waals surface area (Å²) in [6, 6.07) is 17.7. The van der Waals surface area contributed by atoms with Crippen molar-refractivity contribution < 1.29 is 0 Å². The molecule has 4 rings (SSSR count). The van der Waals surface area contributed by atoms with Gasteiger partial charge in [-0.25, -0.2) is 9.67 Å². The first-order chi connectivity index (χ1) is 13.8. The monoisotopic (exact) mass is 371 g/mol. The minimum atomic E-state index is 0.364. The third-order valence-corrected chi connectivity index (χ3v) is 4.49. The molecule has 0 radical (unpaired) electrons. The number of pyridine rings is 2.